The topological polar surface area (TPSA) is 49.4 Å². The fourth-order valence-electron chi connectivity index (χ4n) is 3.81. The number of aryl methyl sites for hydroxylation is 1. The molecule has 31 heavy (non-hydrogen) atoms. The van der Waals surface area contributed by atoms with E-state index in [2.05, 4.69) is 19.2 Å². The number of hydrogen-bond acceptors (Lipinski definition) is 3. The minimum Gasteiger partial charge on any atom is -0.350 e. The summed E-state index contributed by atoms with van der Waals surface area (Å²) in [6.45, 7) is 8.19. The molecule has 0 aromatic heterocycles. The molecule has 0 aliphatic carbocycles. The van der Waals surface area contributed by atoms with Crippen molar-refractivity contribution in [2.45, 2.75) is 33.6 Å². The molecule has 0 saturated carbocycles. The van der Waals surface area contributed by atoms with Crippen LogP contribution in [0.3, 0.4) is 0 Å². The lowest BCUT2D eigenvalue weighted by Gasteiger charge is -2.19. The van der Waals surface area contributed by atoms with Gasteiger partial charge < -0.3 is 5.32 Å². The van der Waals surface area contributed by atoms with Gasteiger partial charge in [0.1, 0.15) is 5.70 Å². The molecule has 0 saturated heterocycles. The van der Waals surface area contributed by atoms with E-state index in [1.807, 2.05) is 86.6 Å². The highest BCUT2D eigenvalue weighted by atomic mass is 16.2. The van der Waals surface area contributed by atoms with Crippen LogP contribution < -0.4 is 10.2 Å². The van der Waals surface area contributed by atoms with Crippen LogP contribution >= 0.6 is 0 Å². The van der Waals surface area contributed by atoms with E-state index in [1.54, 1.807) is 0 Å². The van der Waals surface area contributed by atoms with Crippen molar-refractivity contribution in [3.05, 3.63) is 101 Å². The first-order valence-electron chi connectivity index (χ1n) is 10.5. The molecule has 2 amide bonds. The van der Waals surface area contributed by atoms with Crippen LogP contribution in [0, 0.1) is 13.8 Å². The Morgan fingerprint density at radius 3 is 2.10 bits per heavy atom. The first kappa shape index (κ1) is 20.6. The molecule has 3 aromatic carbocycles. The van der Waals surface area contributed by atoms with Crippen molar-refractivity contribution >= 4 is 28.8 Å². The van der Waals surface area contributed by atoms with E-state index in [0.29, 0.717) is 22.9 Å². The third-order valence-electron chi connectivity index (χ3n) is 5.81. The zero-order valence-electron chi connectivity index (χ0n) is 18.3. The average molecular weight is 411 g/mol. The lowest BCUT2D eigenvalue weighted by Crippen LogP contribution is -2.33. The lowest BCUT2D eigenvalue weighted by molar-refractivity contribution is -0.120. The third kappa shape index (κ3) is 3.77. The van der Waals surface area contributed by atoms with Gasteiger partial charge in [-0.2, -0.15) is 0 Å². The molecule has 156 valence electrons. The van der Waals surface area contributed by atoms with Gasteiger partial charge in [0.15, 0.2) is 0 Å². The Morgan fingerprint density at radius 2 is 1.45 bits per heavy atom. The summed E-state index contributed by atoms with van der Waals surface area (Å²) in [7, 11) is 0. The van der Waals surface area contributed by atoms with Gasteiger partial charge in [-0.25, -0.2) is 4.90 Å². The summed E-state index contributed by atoms with van der Waals surface area (Å²) in [5.41, 5.74) is 5.97. The van der Waals surface area contributed by atoms with Crippen LogP contribution in [0.1, 0.15) is 42.0 Å². The maximum atomic E-state index is 13.5. The molecule has 4 heteroatoms. The van der Waals surface area contributed by atoms with E-state index in [9.17, 15) is 9.59 Å². The summed E-state index contributed by atoms with van der Waals surface area (Å²) < 4.78 is 0. The maximum Gasteiger partial charge on any atom is 0.282 e. The van der Waals surface area contributed by atoms with E-state index in [4.69, 9.17) is 0 Å². The zero-order chi connectivity index (χ0) is 22.1. The zero-order valence-corrected chi connectivity index (χ0v) is 18.3. The molecule has 0 radical (unpaired) electrons. The van der Waals surface area contributed by atoms with Crippen LogP contribution in [-0.4, -0.2) is 11.8 Å². The Bertz CT molecular complexity index is 1180. The quantitative estimate of drug-likeness (QED) is 0.539. The number of carbonyl (C=O) groups excluding carboxylic acids is 2. The summed E-state index contributed by atoms with van der Waals surface area (Å²) in [4.78, 5) is 28.3. The van der Waals surface area contributed by atoms with E-state index >= 15 is 0 Å². The van der Waals surface area contributed by atoms with Gasteiger partial charge in [0.2, 0.25) is 0 Å². The Balaban J connectivity index is 1.80. The van der Waals surface area contributed by atoms with Gasteiger partial charge >= 0.3 is 0 Å². The molecule has 0 unspecified atom stereocenters. The first-order valence-corrected chi connectivity index (χ1v) is 10.5. The van der Waals surface area contributed by atoms with Crippen molar-refractivity contribution in [3.63, 3.8) is 0 Å². The Hall–Kier alpha value is -3.66. The Kier molecular flexibility index (Phi) is 5.47. The highest BCUT2D eigenvalue weighted by molar-refractivity contribution is 6.46. The van der Waals surface area contributed by atoms with Gasteiger partial charge in [0.05, 0.1) is 11.3 Å². The molecule has 4 rings (SSSR count). The highest BCUT2D eigenvalue weighted by Gasteiger charge is 2.40. The van der Waals surface area contributed by atoms with Crippen LogP contribution in [-0.2, 0) is 9.59 Å². The highest BCUT2D eigenvalue weighted by Crippen LogP contribution is 2.35. The van der Waals surface area contributed by atoms with Crippen molar-refractivity contribution in [2.24, 2.45) is 0 Å². The normalized spacial score (nSPS) is 14.0. The molecule has 0 spiro atoms. The van der Waals surface area contributed by atoms with Crippen LogP contribution in [0.5, 0.6) is 0 Å². The molecule has 1 N–H and O–H groups in total. The predicted octanol–water partition coefficient (Wildman–Crippen LogP) is 5.82. The van der Waals surface area contributed by atoms with Crippen molar-refractivity contribution in [3.8, 4) is 0 Å². The van der Waals surface area contributed by atoms with Gasteiger partial charge in [0, 0.05) is 5.69 Å². The molecule has 0 fully saturated rings. The maximum absolute atomic E-state index is 13.5. The molecule has 3 aromatic rings. The second-order valence-electron chi connectivity index (χ2n) is 8.18. The minimum atomic E-state index is -0.342. The second kappa shape index (κ2) is 8.23. The summed E-state index contributed by atoms with van der Waals surface area (Å²) in [5, 5.41) is 3.24. The molecular weight excluding hydrogens is 384 g/mol. The van der Waals surface area contributed by atoms with Gasteiger partial charge in [-0.1, -0.05) is 68.4 Å². The number of anilines is 2. The molecule has 1 aliphatic rings. The molecule has 0 atom stereocenters. The van der Waals surface area contributed by atoms with E-state index in [1.165, 1.54) is 10.5 Å². The number of carbonyl (C=O) groups is 2. The monoisotopic (exact) mass is 410 g/mol. The van der Waals surface area contributed by atoms with Crippen molar-refractivity contribution in [1.29, 1.82) is 0 Å². The smallest absolute Gasteiger partial charge is 0.282 e. The Morgan fingerprint density at radius 1 is 0.774 bits per heavy atom. The van der Waals surface area contributed by atoms with Gasteiger partial charge in [-0.15, -0.1) is 0 Å². The first-order chi connectivity index (χ1) is 14.9. The van der Waals surface area contributed by atoms with E-state index in [-0.39, 0.29) is 11.8 Å². The fraction of sp³-hybridized carbons (Fsp3) is 0.185. The van der Waals surface area contributed by atoms with Crippen LogP contribution in [0.2, 0.25) is 0 Å². The number of imide groups is 1. The minimum absolute atomic E-state index is 0.300. The van der Waals surface area contributed by atoms with Gasteiger partial charge in [-0.05, 0) is 60.2 Å². The van der Waals surface area contributed by atoms with Gasteiger partial charge in [0.25, 0.3) is 11.8 Å². The predicted molar refractivity (Wildman–Crippen MR) is 126 cm³/mol. The number of benzene rings is 3. The molecular formula is C27H26N2O2. The van der Waals surface area contributed by atoms with Crippen LogP contribution in [0.15, 0.2) is 78.5 Å². The number of amides is 2. The summed E-state index contributed by atoms with van der Waals surface area (Å²) in [6.07, 6.45) is 0. The fourth-order valence-corrected chi connectivity index (χ4v) is 3.81. The summed E-state index contributed by atoms with van der Waals surface area (Å²) >= 11 is 0. The molecule has 1 aliphatic heterocycles. The standard InChI is InChI=1S/C27H26N2O2/c1-17(2)20-13-15-22(16-14-20)28-25-24(21-10-6-5-7-11-21)26(30)29(27(25)31)23-12-8-9-18(3)19(23)4/h5-17,28H,1-4H3. The van der Waals surface area contributed by atoms with Crippen LogP contribution in [0.25, 0.3) is 5.57 Å². The summed E-state index contributed by atoms with van der Waals surface area (Å²) in [6, 6.07) is 23.0. The lowest BCUT2D eigenvalue weighted by atomic mass is 10.0. The van der Waals surface area contributed by atoms with Crippen molar-refractivity contribution < 1.29 is 9.59 Å². The van der Waals surface area contributed by atoms with Crippen molar-refractivity contribution in [1.82, 2.24) is 0 Å². The third-order valence-corrected chi connectivity index (χ3v) is 5.81. The largest absolute Gasteiger partial charge is 0.350 e. The molecule has 0 bridgehead atoms. The SMILES string of the molecule is Cc1cccc(N2C(=O)C(Nc3ccc(C(C)C)cc3)=C(c3ccccc3)C2=O)c1C. The van der Waals surface area contributed by atoms with Gasteiger partial charge in [-0.3, -0.25) is 9.59 Å². The number of rotatable bonds is 5. The Labute approximate surface area is 183 Å². The number of nitrogens with one attached hydrogen (secondary N) is 1. The summed E-state index contributed by atoms with van der Waals surface area (Å²) in [5.74, 6) is -0.237. The van der Waals surface area contributed by atoms with E-state index < -0.39 is 0 Å². The molecule has 4 nitrogen and oxygen atoms in total. The van der Waals surface area contributed by atoms with E-state index in [0.717, 1.165) is 22.4 Å². The van der Waals surface area contributed by atoms with Crippen molar-refractivity contribution in [2.75, 3.05) is 10.2 Å². The molecule has 1 heterocycles. The average Bonchev–Trinajstić information content (AvgIpc) is 3.00. The van der Waals surface area contributed by atoms with Crippen LogP contribution in [0.4, 0.5) is 11.4 Å². The second-order valence-corrected chi connectivity index (χ2v) is 8.18. The number of nitrogens with zero attached hydrogens (tertiary/aromatic N) is 1. The number of hydrogen-bond donors (Lipinski definition) is 1.